The van der Waals surface area contributed by atoms with Crippen molar-refractivity contribution in [1.82, 2.24) is 31.8 Å². The van der Waals surface area contributed by atoms with E-state index in [1.807, 2.05) is 0 Å². The first-order chi connectivity index (χ1) is 34.5. The summed E-state index contributed by atoms with van der Waals surface area (Å²) in [7, 11) is 1.60. The average Bonchev–Trinajstić information content (AvgIpc) is 3.35. The fourth-order valence-electron chi connectivity index (χ4n) is 8.39. The van der Waals surface area contributed by atoms with Gasteiger partial charge in [0, 0.05) is 44.9 Å². The van der Waals surface area contributed by atoms with Crippen molar-refractivity contribution in [2.75, 3.05) is 79.0 Å². The van der Waals surface area contributed by atoms with Gasteiger partial charge in [-0.15, -0.1) is 0 Å². The molecule has 1 fully saturated rings. The van der Waals surface area contributed by atoms with E-state index in [-0.39, 0.29) is 114 Å². The molecule has 19 nitrogen and oxygen atoms in total. The molecule has 1 saturated carbocycles. The van der Waals surface area contributed by atoms with Crippen LogP contribution in [0.3, 0.4) is 0 Å². The van der Waals surface area contributed by atoms with E-state index in [4.69, 9.17) is 24.1 Å². The standard InChI is InChI=1S/C51H95BN6O13/c1-2-3-4-5-6-7-8-9-10-11-12-13-14-15-16-17-18-22-45(59)56-38-41-23-25-42(26-24-41)49(63)57-43(50(64)65)27-28-46(60)54-30-32-68-34-37-71-40-48(62)55-31-33-69-35-36-70-39-47(61)53-29-20-19-21-44(58-52)51(66)67/h41-44,58H,2-40,52H2,1H3,(H,53,61)(H,54,60)(H,55,62)(H,56,59)(H,57,63)(H,64,65)(H,66,67). The van der Waals surface area contributed by atoms with Gasteiger partial charge >= 0.3 is 11.9 Å². The Bertz CT molecular complexity index is 1430. The lowest BCUT2D eigenvalue weighted by atomic mass is 9.81. The van der Waals surface area contributed by atoms with Gasteiger partial charge in [0.25, 0.3) is 0 Å². The van der Waals surface area contributed by atoms with Crippen LogP contribution in [-0.2, 0) is 52.5 Å². The Kier molecular flexibility index (Phi) is 42.2. The second kappa shape index (κ2) is 46.0. The van der Waals surface area contributed by atoms with Crippen LogP contribution in [0.4, 0.5) is 0 Å². The van der Waals surface area contributed by atoms with Crippen molar-refractivity contribution in [2.45, 2.75) is 192 Å². The molecule has 0 bridgehead atoms. The van der Waals surface area contributed by atoms with Crippen LogP contribution in [0.15, 0.2) is 0 Å². The number of nitrogens with one attached hydrogen (secondary N) is 6. The van der Waals surface area contributed by atoms with Crippen molar-refractivity contribution in [3.63, 3.8) is 0 Å². The van der Waals surface area contributed by atoms with E-state index in [9.17, 15) is 38.7 Å². The zero-order valence-electron chi connectivity index (χ0n) is 43.8. The number of carboxylic acids is 2. The predicted octanol–water partition coefficient (Wildman–Crippen LogP) is 4.48. The first-order valence-electron chi connectivity index (χ1n) is 27.3. The highest BCUT2D eigenvalue weighted by molar-refractivity contribution is 6.06. The van der Waals surface area contributed by atoms with E-state index in [0.29, 0.717) is 57.5 Å². The highest BCUT2D eigenvalue weighted by Crippen LogP contribution is 2.29. The molecule has 410 valence electrons. The summed E-state index contributed by atoms with van der Waals surface area (Å²) >= 11 is 0. The van der Waals surface area contributed by atoms with Crippen molar-refractivity contribution in [2.24, 2.45) is 11.8 Å². The molecule has 1 rings (SSSR count). The summed E-state index contributed by atoms with van der Waals surface area (Å²) in [4.78, 5) is 84.5. The molecular weight excluding hydrogens is 915 g/mol. The molecule has 20 heteroatoms. The van der Waals surface area contributed by atoms with Gasteiger partial charge in [-0.1, -0.05) is 110 Å². The molecule has 0 heterocycles. The molecule has 0 spiro atoms. The van der Waals surface area contributed by atoms with E-state index in [0.717, 1.165) is 25.7 Å². The van der Waals surface area contributed by atoms with Gasteiger partial charge in [0.15, 0.2) is 7.98 Å². The van der Waals surface area contributed by atoms with E-state index in [1.54, 1.807) is 7.98 Å². The van der Waals surface area contributed by atoms with Crippen LogP contribution in [0.2, 0.25) is 0 Å². The summed E-state index contributed by atoms with van der Waals surface area (Å²) in [5.41, 5.74) is 0. The number of ether oxygens (including phenoxy) is 4. The maximum Gasteiger partial charge on any atom is 0.326 e. The predicted molar refractivity (Wildman–Crippen MR) is 275 cm³/mol. The summed E-state index contributed by atoms with van der Waals surface area (Å²) in [6.07, 6.45) is 27.2. The minimum atomic E-state index is -1.20. The SMILES string of the molecule is BNC(CCCCNC(=O)COCCOCCNC(=O)COCCOCCNC(=O)CCC(NC(=O)C1CCC(CNC(=O)CCCCCCCCCCCCCCCCCCC)CC1)C(=O)O)C(=O)O. The smallest absolute Gasteiger partial charge is 0.326 e. The van der Waals surface area contributed by atoms with E-state index < -0.39 is 24.0 Å². The Morgan fingerprint density at radius 3 is 1.42 bits per heavy atom. The average molecular weight is 1010 g/mol. The van der Waals surface area contributed by atoms with Gasteiger partial charge in [-0.25, -0.2) is 4.79 Å². The van der Waals surface area contributed by atoms with E-state index in [2.05, 4.69) is 38.7 Å². The molecule has 5 amide bonds. The number of hydrogen-bond donors (Lipinski definition) is 8. The molecule has 0 aliphatic heterocycles. The molecule has 8 N–H and O–H groups in total. The third-order valence-electron chi connectivity index (χ3n) is 12.8. The van der Waals surface area contributed by atoms with Gasteiger partial charge in [0.1, 0.15) is 19.3 Å². The highest BCUT2D eigenvalue weighted by atomic mass is 16.5. The zero-order chi connectivity index (χ0) is 52.0. The summed E-state index contributed by atoms with van der Waals surface area (Å²) in [5, 5.41) is 35.2. The van der Waals surface area contributed by atoms with E-state index >= 15 is 0 Å². The Morgan fingerprint density at radius 1 is 0.479 bits per heavy atom. The molecule has 0 radical (unpaired) electrons. The maximum atomic E-state index is 13.0. The van der Waals surface area contributed by atoms with E-state index in [1.165, 1.54) is 96.3 Å². The van der Waals surface area contributed by atoms with Crippen molar-refractivity contribution < 1.29 is 62.7 Å². The van der Waals surface area contributed by atoms with Crippen molar-refractivity contribution in [3.05, 3.63) is 0 Å². The third kappa shape index (κ3) is 39.4. The molecule has 71 heavy (non-hydrogen) atoms. The fourth-order valence-corrected chi connectivity index (χ4v) is 8.39. The normalized spacial score (nSPS) is 15.3. The molecule has 0 saturated heterocycles. The van der Waals surface area contributed by atoms with Crippen molar-refractivity contribution >= 4 is 49.5 Å². The molecule has 0 aromatic heterocycles. The number of unbranched alkanes of at least 4 members (excludes halogenated alkanes) is 17. The molecular formula is C51H95BN6O13. The number of carboxylic acid groups (broad SMARTS) is 2. The number of carbonyl (C=O) groups excluding carboxylic acids is 5. The summed E-state index contributed by atoms with van der Waals surface area (Å²) in [6, 6.07) is -1.78. The monoisotopic (exact) mass is 1010 g/mol. The van der Waals surface area contributed by atoms with Gasteiger partial charge in [0.2, 0.25) is 29.5 Å². The minimum absolute atomic E-state index is 0.0503. The lowest BCUT2D eigenvalue weighted by Gasteiger charge is -2.28. The Morgan fingerprint density at radius 2 is 0.930 bits per heavy atom. The number of amides is 5. The molecule has 0 aromatic carbocycles. The first-order valence-corrected chi connectivity index (χ1v) is 27.3. The number of carbonyl (C=O) groups is 7. The fraction of sp³-hybridized carbons (Fsp3) is 0.863. The minimum Gasteiger partial charge on any atom is -0.480 e. The van der Waals surface area contributed by atoms with Crippen LogP contribution >= 0.6 is 0 Å². The number of rotatable bonds is 49. The molecule has 2 atom stereocenters. The second-order valence-corrected chi connectivity index (χ2v) is 18.9. The van der Waals surface area contributed by atoms with Crippen molar-refractivity contribution in [1.29, 1.82) is 0 Å². The van der Waals surface area contributed by atoms with Crippen LogP contribution in [-0.4, -0.2) is 151 Å². The lowest BCUT2D eigenvalue weighted by molar-refractivity contribution is -0.143. The Balaban J connectivity index is 1.98. The summed E-state index contributed by atoms with van der Waals surface area (Å²) in [5.74, 6) is -3.29. The molecule has 1 aliphatic carbocycles. The summed E-state index contributed by atoms with van der Waals surface area (Å²) < 4.78 is 21.4. The zero-order valence-corrected chi connectivity index (χ0v) is 43.8. The maximum absolute atomic E-state index is 13.0. The van der Waals surface area contributed by atoms with Crippen LogP contribution < -0.4 is 31.8 Å². The van der Waals surface area contributed by atoms with Gasteiger partial charge in [0.05, 0.1) is 45.7 Å². The van der Waals surface area contributed by atoms with Crippen LogP contribution in [0.5, 0.6) is 0 Å². The third-order valence-corrected chi connectivity index (χ3v) is 12.8. The van der Waals surface area contributed by atoms with Gasteiger partial charge < -0.3 is 61.0 Å². The van der Waals surface area contributed by atoms with Gasteiger partial charge in [-0.2, -0.15) is 0 Å². The van der Waals surface area contributed by atoms with Crippen LogP contribution in [0.1, 0.15) is 180 Å². The van der Waals surface area contributed by atoms with Gasteiger partial charge in [-0.3, -0.25) is 28.8 Å². The lowest BCUT2D eigenvalue weighted by Crippen LogP contribution is -2.45. The summed E-state index contributed by atoms with van der Waals surface area (Å²) in [6.45, 7) is 4.69. The molecule has 2 unspecified atom stereocenters. The van der Waals surface area contributed by atoms with Crippen LogP contribution in [0.25, 0.3) is 0 Å². The highest BCUT2D eigenvalue weighted by Gasteiger charge is 2.30. The molecule has 1 aliphatic rings. The topological polar surface area (TPSA) is 269 Å². The largest absolute Gasteiger partial charge is 0.480 e. The quantitative estimate of drug-likeness (QED) is 0.0309. The van der Waals surface area contributed by atoms with Gasteiger partial charge in [-0.05, 0) is 63.7 Å². The Labute approximate surface area is 426 Å². The number of aliphatic carboxylic acids is 2. The first kappa shape index (κ1) is 65.2. The van der Waals surface area contributed by atoms with Crippen molar-refractivity contribution in [3.8, 4) is 0 Å². The molecule has 0 aromatic rings. The Hall–Kier alpha value is -3.85. The second-order valence-electron chi connectivity index (χ2n) is 18.9. The number of hydrogen-bond acceptors (Lipinski definition) is 12. The van der Waals surface area contributed by atoms with Crippen LogP contribution in [0, 0.1) is 11.8 Å².